The van der Waals surface area contributed by atoms with Gasteiger partial charge in [0.05, 0.1) is 6.04 Å². The lowest BCUT2D eigenvalue weighted by molar-refractivity contribution is 0.424. The molecule has 0 unspecified atom stereocenters. The lowest BCUT2D eigenvalue weighted by Gasteiger charge is -2.38. The van der Waals surface area contributed by atoms with Crippen LogP contribution in [0.5, 0.6) is 0 Å². The standard InChI is InChI=1S/C20H20FN/c1-12-10-13(2)19-18(11-12)16-4-3-5-17(16)20(22-19)14-6-8-15(21)9-7-14/h3-4,6-11,16-17,20,22H,5H2,1-2H3/t16-,17+,20+/m1/s1. The zero-order valence-corrected chi connectivity index (χ0v) is 12.9. The van der Waals surface area contributed by atoms with E-state index in [0.717, 1.165) is 6.42 Å². The fourth-order valence-corrected chi connectivity index (χ4v) is 4.07. The van der Waals surface area contributed by atoms with Gasteiger partial charge in [0.25, 0.3) is 0 Å². The highest BCUT2D eigenvalue weighted by Crippen LogP contribution is 2.50. The van der Waals surface area contributed by atoms with E-state index in [9.17, 15) is 4.39 Å². The predicted octanol–water partition coefficient (Wildman–Crippen LogP) is 5.27. The van der Waals surface area contributed by atoms with Crippen LogP contribution in [-0.2, 0) is 0 Å². The Morgan fingerprint density at radius 2 is 1.86 bits per heavy atom. The Morgan fingerprint density at radius 1 is 1.09 bits per heavy atom. The first-order chi connectivity index (χ1) is 10.6. The fourth-order valence-electron chi connectivity index (χ4n) is 4.07. The molecule has 2 heteroatoms. The van der Waals surface area contributed by atoms with Gasteiger partial charge in [-0.1, -0.05) is 42.0 Å². The van der Waals surface area contributed by atoms with Gasteiger partial charge in [0.2, 0.25) is 0 Å². The van der Waals surface area contributed by atoms with E-state index >= 15 is 0 Å². The summed E-state index contributed by atoms with van der Waals surface area (Å²) in [6, 6.07) is 11.7. The monoisotopic (exact) mass is 293 g/mol. The first-order valence-electron chi connectivity index (χ1n) is 7.93. The fraction of sp³-hybridized carbons (Fsp3) is 0.300. The third-order valence-electron chi connectivity index (χ3n) is 5.04. The molecule has 22 heavy (non-hydrogen) atoms. The van der Waals surface area contributed by atoms with Crippen molar-refractivity contribution in [2.24, 2.45) is 5.92 Å². The second-order valence-corrected chi connectivity index (χ2v) is 6.57. The van der Waals surface area contributed by atoms with Gasteiger partial charge in [0.15, 0.2) is 0 Å². The van der Waals surface area contributed by atoms with Crippen molar-refractivity contribution in [2.75, 3.05) is 5.32 Å². The van der Waals surface area contributed by atoms with E-state index in [1.807, 2.05) is 12.1 Å². The van der Waals surface area contributed by atoms with E-state index in [2.05, 4.69) is 43.4 Å². The van der Waals surface area contributed by atoms with Gasteiger partial charge in [0.1, 0.15) is 5.82 Å². The van der Waals surface area contributed by atoms with E-state index in [0.29, 0.717) is 11.8 Å². The lowest BCUT2D eigenvalue weighted by Crippen LogP contribution is -2.29. The number of anilines is 1. The highest BCUT2D eigenvalue weighted by atomic mass is 19.1. The van der Waals surface area contributed by atoms with E-state index < -0.39 is 0 Å². The van der Waals surface area contributed by atoms with Crippen LogP contribution in [0.15, 0.2) is 48.6 Å². The van der Waals surface area contributed by atoms with E-state index in [4.69, 9.17) is 0 Å². The minimum atomic E-state index is -0.173. The maximum absolute atomic E-state index is 13.2. The summed E-state index contributed by atoms with van der Waals surface area (Å²) in [5, 5.41) is 3.74. The summed E-state index contributed by atoms with van der Waals surface area (Å²) < 4.78 is 13.2. The quantitative estimate of drug-likeness (QED) is 0.706. The summed E-state index contributed by atoms with van der Waals surface area (Å²) in [5.74, 6) is 0.803. The number of hydrogen-bond acceptors (Lipinski definition) is 1. The SMILES string of the molecule is Cc1cc(C)c2c(c1)[C@@H]1C=CC[C@@H]1[C@H](c1ccc(F)cc1)N2. The molecule has 0 saturated carbocycles. The molecule has 1 nitrogen and oxygen atoms in total. The van der Waals surface area contributed by atoms with Crippen molar-refractivity contribution < 1.29 is 4.39 Å². The van der Waals surface area contributed by atoms with E-state index in [-0.39, 0.29) is 11.9 Å². The molecule has 0 spiro atoms. The number of aryl methyl sites for hydroxylation is 2. The first-order valence-corrected chi connectivity index (χ1v) is 7.93. The number of benzene rings is 2. The first kappa shape index (κ1) is 13.6. The molecule has 4 rings (SSSR count). The molecule has 1 aliphatic carbocycles. The van der Waals surface area contributed by atoms with Gasteiger partial charge >= 0.3 is 0 Å². The normalized spacial score (nSPS) is 25.5. The molecule has 0 radical (unpaired) electrons. The molecule has 3 atom stereocenters. The topological polar surface area (TPSA) is 12.0 Å². The average Bonchev–Trinajstić information content (AvgIpc) is 2.97. The van der Waals surface area contributed by atoms with Crippen molar-refractivity contribution in [2.45, 2.75) is 32.2 Å². The smallest absolute Gasteiger partial charge is 0.123 e. The second kappa shape index (κ2) is 4.98. The van der Waals surface area contributed by atoms with Crippen LogP contribution in [0.25, 0.3) is 0 Å². The molecule has 2 aromatic carbocycles. The highest BCUT2D eigenvalue weighted by molar-refractivity contribution is 5.65. The summed E-state index contributed by atoms with van der Waals surface area (Å²) in [6.07, 6.45) is 5.71. The van der Waals surface area contributed by atoms with Gasteiger partial charge in [-0.2, -0.15) is 0 Å². The number of nitrogens with one attached hydrogen (secondary N) is 1. The highest BCUT2D eigenvalue weighted by Gasteiger charge is 2.38. The van der Waals surface area contributed by atoms with Crippen LogP contribution >= 0.6 is 0 Å². The minimum Gasteiger partial charge on any atom is -0.377 e. The van der Waals surface area contributed by atoms with Gasteiger partial charge in [-0.3, -0.25) is 0 Å². The van der Waals surface area contributed by atoms with Crippen LogP contribution in [0, 0.1) is 25.6 Å². The van der Waals surface area contributed by atoms with Gasteiger partial charge in [0, 0.05) is 11.6 Å². The van der Waals surface area contributed by atoms with Crippen molar-refractivity contribution in [3.05, 3.63) is 76.6 Å². The van der Waals surface area contributed by atoms with Gasteiger partial charge in [-0.05, 0) is 55.0 Å². The van der Waals surface area contributed by atoms with E-state index in [1.54, 1.807) is 12.1 Å². The summed E-state index contributed by atoms with van der Waals surface area (Å²) >= 11 is 0. The largest absolute Gasteiger partial charge is 0.377 e. The maximum atomic E-state index is 13.2. The van der Waals surface area contributed by atoms with Crippen molar-refractivity contribution in [3.8, 4) is 0 Å². The molecule has 0 aromatic heterocycles. The summed E-state index contributed by atoms with van der Waals surface area (Å²) in [5.41, 5.74) is 6.45. The number of halogens is 1. The number of rotatable bonds is 1. The van der Waals surface area contributed by atoms with Crippen LogP contribution in [0.3, 0.4) is 0 Å². The summed E-state index contributed by atoms with van der Waals surface area (Å²) in [4.78, 5) is 0. The Morgan fingerprint density at radius 3 is 2.64 bits per heavy atom. The molecule has 1 heterocycles. The van der Waals surface area contributed by atoms with Crippen LogP contribution in [0.1, 0.15) is 40.6 Å². The van der Waals surface area contributed by atoms with Gasteiger partial charge < -0.3 is 5.32 Å². The van der Waals surface area contributed by atoms with Crippen molar-refractivity contribution in [1.29, 1.82) is 0 Å². The Bertz CT molecular complexity index is 745. The Hall–Kier alpha value is -2.09. The average molecular weight is 293 g/mol. The van der Waals surface area contributed by atoms with Crippen LogP contribution in [-0.4, -0.2) is 0 Å². The van der Waals surface area contributed by atoms with Crippen molar-refractivity contribution in [3.63, 3.8) is 0 Å². The Kier molecular flexibility index (Phi) is 3.07. The van der Waals surface area contributed by atoms with Crippen LogP contribution in [0.4, 0.5) is 10.1 Å². The molecule has 0 fully saturated rings. The third kappa shape index (κ3) is 2.06. The van der Waals surface area contributed by atoms with Crippen molar-refractivity contribution >= 4 is 5.69 Å². The third-order valence-corrected chi connectivity index (χ3v) is 5.04. The molecule has 1 aliphatic heterocycles. The zero-order chi connectivity index (χ0) is 15.3. The molecule has 2 aromatic rings. The van der Waals surface area contributed by atoms with Crippen molar-refractivity contribution in [1.82, 2.24) is 0 Å². The zero-order valence-electron chi connectivity index (χ0n) is 12.9. The molecule has 0 saturated heterocycles. The van der Waals surface area contributed by atoms with Crippen LogP contribution in [0.2, 0.25) is 0 Å². The van der Waals surface area contributed by atoms with Gasteiger partial charge in [-0.25, -0.2) is 4.39 Å². The van der Waals surface area contributed by atoms with Crippen LogP contribution < -0.4 is 5.32 Å². The summed E-state index contributed by atoms with van der Waals surface area (Å²) in [6.45, 7) is 4.33. The van der Waals surface area contributed by atoms with Gasteiger partial charge in [-0.15, -0.1) is 0 Å². The van der Waals surface area contributed by atoms with E-state index in [1.165, 1.54) is 27.9 Å². The Labute approximate surface area is 130 Å². The minimum absolute atomic E-state index is 0.173. The molecule has 112 valence electrons. The number of fused-ring (bicyclic) bond motifs is 3. The molecule has 0 amide bonds. The maximum Gasteiger partial charge on any atom is 0.123 e. The second-order valence-electron chi connectivity index (χ2n) is 6.57. The molecule has 2 aliphatic rings. The molecule has 1 N–H and O–H groups in total. The summed E-state index contributed by atoms with van der Waals surface area (Å²) in [7, 11) is 0. The molecular formula is C20H20FN. The number of allylic oxidation sites excluding steroid dienone is 2. The molecule has 0 bridgehead atoms. The lowest BCUT2D eigenvalue weighted by atomic mass is 9.76. The number of hydrogen-bond donors (Lipinski definition) is 1. The Balaban J connectivity index is 1.82. The predicted molar refractivity (Wildman–Crippen MR) is 88.7 cm³/mol. The molecular weight excluding hydrogens is 273 g/mol.